The predicted molar refractivity (Wildman–Crippen MR) is 141 cm³/mol. The number of primary amides is 1. The van der Waals surface area contributed by atoms with Crippen molar-refractivity contribution in [3.8, 4) is 17.2 Å². The van der Waals surface area contributed by atoms with E-state index in [1.807, 2.05) is 55.5 Å². The maximum absolute atomic E-state index is 12.3. The second-order valence-electron chi connectivity index (χ2n) is 9.75. The van der Waals surface area contributed by atoms with Crippen molar-refractivity contribution in [2.24, 2.45) is 5.73 Å². The number of carbonyl (C=O) groups is 3. The van der Waals surface area contributed by atoms with Crippen molar-refractivity contribution in [2.75, 3.05) is 7.05 Å². The van der Waals surface area contributed by atoms with Crippen LogP contribution in [0.25, 0.3) is 0 Å². The summed E-state index contributed by atoms with van der Waals surface area (Å²) in [5, 5.41) is 0. The highest BCUT2D eigenvalue weighted by molar-refractivity contribution is 6.21. The van der Waals surface area contributed by atoms with Crippen molar-refractivity contribution in [2.45, 2.75) is 38.7 Å². The summed E-state index contributed by atoms with van der Waals surface area (Å²) < 4.78 is 11.9. The Morgan fingerprint density at radius 2 is 1.41 bits per heavy atom. The Balaban J connectivity index is 1.43. The van der Waals surface area contributed by atoms with Crippen LogP contribution >= 0.6 is 0 Å². The lowest BCUT2D eigenvalue weighted by atomic mass is 9.78. The van der Waals surface area contributed by atoms with Crippen molar-refractivity contribution in [1.82, 2.24) is 4.90 Å². The molecule has 4 rings (SSSR count). The fraction of sp³-hybridized carbons (Fsp3) is 0.233. The first-order chi connectivity index (χ1) is 17.5. The fourth-order valence-electron chi connectivity index (χ4n) is 4.32. The Morgan fingerprint density at radius 1 is 0.892 bits per heavy atom. The minimum absolute atomic E-state index is 0.225. The van der Waals surface area contributed by atoms with E-state index in [0.29, 0.717) is 40.4 Å². The summed E-state index contributed by atoms with van der Waals surface area (Å²) in [5.74, 6) is 0.668. The maximum Gasteiger partial charge on any atom is 0.261 e. The third kappa shape index (κ3) is 5.26. The summed E-state index contributed by atoms with van der Waals surface area (Å²) in [4.78, 5) is 36.7. The third-order valence-corrected chi connectivity index (χ3v) is 6.67. The van der Waals surface area contributed by atoms with Crippen LogP contribution in [0.1, 0.15) is 59.0 Å². The highest BCUT2D eigenvalue weighted by Gasteiger charge is 2.33. The molecule has 1 aliphatic heterocycles. The van der Waals surface area contributed by atoms with Crippen molar-refractivity contribution in [3.63, 3.8) is 0 Å². The molecule has 0 saturated heterocycles. The molecule has 3 aromatic carbocycles. The van der Waals surface area contributed by atoms with Crippen LogP contribution in [0.5, 0.6) is 17.2 Å². The highest BCUT2D eigenvalue weighted by Crippen LogP contribution is 2.35. The number of ether oxygens (including phenoxy) is 2. The number of hydrogen-bond donors (Lipinski definition) is 1. The van der Waals surface area contributed by atoms with Crippen LogP contribution in [0.4, 0.5) is 0 Å². The number of amides is 3. The van der Waals surface area contributed by atoms with E-state index >= 15 is 0 Å². The van der Waals surface area contributed by atoms with Gasteiger partial charge in [0.2, 0.25) is 5.91 Å². The Hall–Kier alpha value is -4.39. The van der Waals surface area contributed by atoms with Crippen LogP contribution in [0, 0.1) is 0 Å². The summed E-state index contributed by atoms with van der Waals surface area (Å²) in [7, 11) is 1.47. The Kier molecular flexibility index (Phi) is 6.90. The molecule has 0 bridgehead atoms. The average Bonchev–Trinajstić information content (AvgIpc) is 3.08. The van der Waals surface area contributed by atoms with Crippen LogP contribution in [0.2, 0.25) is 0 Å². The number of hydrogen-bond acceptors (Lipinski definition) is 5. The molecule has 0 aliphatic carbocycles. The zero-order valence-corrected chi connectivity index (χ0v) is 21.4. The van der Waals surface area contributed by atoms with E-state index < -0.39 is 5.91 Å². The molecule has 1 unspecified atom stereocenters. The van der Waals surface area contributed by atoms with E-state index in [0.717, 1.165) is 16.0 Å². The molecule has 0 fully saturated rings. The third-order valence-electron chi connectivity index (χ3n) is 6.67. The number of nitrogens with two attached hydrogens (primary N) is 1. The van der Waals surface area contributed by atoms with Gasteiger partial charge in [-0.3, -0.25) is 19.3 Å². The first-order valence-electron chi connectivity index (χ1n) is 12.0. The van der Waals surface area contributed by atoms with Crippen LogP contribution in [-0.2, 0) is 10.2 Å². The van der Waals surface area contributed by atoms with Gasteiger partial charge in [-0.1, -0.05) is 44.7 Å². The monoisotopic (exact) mass is 498 g/mol. The van der Waals surface area contributed by atoms with Gasteiger partial charge in [0.15, 0.2) is 0 Å². The van der Waals surface area contributed by atoms with Crippen molar-refractivity contribution < 1.29 is 23.9 Å². The highest BCUT2D eigenvalue weighted by atomic mass is 16.5. The van der Waals surface area contributed by atoms with Crippen molar-refractivity contribution in [3.05, 3.63) is 101 Å². The van der Waals surface area contributed by atoms with Crippen LogP contribution < -0.4 is 15.2 Å². The van der Waals surface area contributed by atoms with Gasteiger partial charge in [-0.05, 0) is 60.5 Å². The first kappa shape index (κ1) is 25.7. The van der Waals surface area contributed by atoms with Crippen LogP contribution in [-0.4, -0.2) is 35.8 Å². The van der Waals surface area contributed by atoms with E-state index in [4.69, 9.17) is 15.2 Å². The molecule has 3 amide bonds. The molecule has 2 N–H and O–H groups in total. The number of nitrogens with zero attached hydrogens (tertiary/aromatic N) is 1. The van der Waals surface area contributed by atoms with Gasteiger partial charge in [0.25, 0.3) is 11.8 Å². The van der Waals surface area contributed by atoms with Gasteiger partial charge in [-0.25, -0.2) is 0 Å². The molecule has 7 nitrogen and oxygen atoms in total. The number of rotatable bonds is 9. The Bertz CT molecular complexity index is 1370. The smallest absolute Gasteiger partial charge is 0.261 e. The summed E-state index contributed by atoms with van der Waals surface area (Å²) in [5.41, 5.74) is 8.25. The predicted octanol–water partition coefficient (Wildman–Crippen LogP) is 5.23. The van der Waals surface area contributed by atoms with Gasteiger partial charge < -0.3 is 15.2 Å². The van der Waals surface area contributed by atoms with Crippen molar-refractivity contribution in [1.29, 1.82) is 0 Å². The van der Waals surface area contributed by atoms with E-state index in [9.17, 15) is 14.4 Å². The second kappa shape index (κ2) is 9.93. The minimum Gasteiger partial charge on any atom is -0.490 e. The first-order valence-corrected chi connectivity index (χ1v) is 12.0. The van der Waals surface area contributed by atoms with Crippen molar-refractivity contribution >= 4 is 17.7 Å². The van der Waals surface area contributed by atoms with Gasteiger partial charge in [0.1, 0.15) is 23.4 Å². The summed E-state index contributed by atoms with van der Waals surface area (Å²) in [6.45, 7) is 9.82. The lowest BCUT2D eigenvalue weighted by Crippen LogP contribution is -2.24. The lowest BCUT2D eigenvalue weighted by molar-refractivity contribution is -0.114. The summed E-state index contributed by atoms with van der Waals surface area (Å²) in [6, 6.07) is 20.6. The summed E-state index contributed by atoms with van der Waals surface area (Å²) in [6.07, 6.45) is 0.144. The number of carbonyl (C=O) groups excluding carboxylic acids is 3. The molecule has 0 spiro atoms. The van der Waals surface area contributed by atoms with Gasteiger partial charge in [0.05, 0.1) is 11.1 Å². The molecular weight excluding hydrogens is 468 g/mol. The normalized spacial score (nSPS) is 13.8. The van der Waals surface area contributed by atoms with Crippen LogP contribution in [0.15, 0.2) is 78.9 Å². The van der Waals surface area contributed by atoms with Gasteiger partial charge in [-0.15, -0.1) is 0 Å². The lowest BCUT2D eigenvalue weighted by Gasteiger charge is -2.27. The fourth-order valence-corrected chi connectivity index (χ4v) is 4.32. The molecule has 7 heteroatoms. The molecule has 1 atom stereocenters. The van der Waals surface area contributed by atoms with Gasteiger partial charge >= 0.3 is 0 Å². The molecular formula is C30H30N2O5. The standard InChI is InChI=1S/C30H30N2O5/c1-18(27(31)33)16-19(2)36-22-10-6-20(7-11-22)30(3,4)21-8-12-23(13-9-21)37-24-14-15-25-26(17-24)29(35)32(5)28(25)34/h6-15,17,19H,1,16H2,2-5H3,(H2,31,33). The van der Waals surface area contributed by atoms with E-state index in [2.05, 4.69) is 20.4 Å². The molecule has 0 radical (unpaired) electrons. The maximum atomic E-state index is 12.3. The number of benzene rings is 3. The van der Waals surface area contributed by atoms with E-state index in [1.165, 1.54) is 7.05 Å². The summed E-state index contributed by atoms with van der Waals surface area (Å²) >= 11 is 0. The van der Waals surface area contributed by atoms with Gasteiger partial charge in [-0.2, -0.15) is 0 Å². The SMILES string of the molecule is C=C(CC(C)Oc1ccc(C(C)(C)c2ccc(Oc3ccc4c(c3)C(=O)N(C)C4=O)cc2)cc1)C(N)=O. The van der Waals surface area contributed by atoms with E-state index in [1.54, 1.807) is 18.2 Å². The quantitative estimate of drug-likeness (QED) is 0.322. The Labute approximate surface area is 216 Å². The molecule has 37 heavy (non-hydrogen) atoms. The van der Waals surface area contributed by atoms with E-state index in [-0.39, 0.29) is 23.3 Å². The number of imide groups is 1. The largest absolute Gasteiger partial charge is 0.490 e. The topological polar surface area (TPSA) is 98.9 Å². The zero-order valence-electron chi connectivity index (χ0n) is 21.4. The molecule has 3 aromatic rings. The zero-order chi connectivity index (χ0) is 26.9. The number of fused-ring (bicyclic) bond motifs is 1. The second-order valence-corrected chi connectivity index (χ2v) is 9.75. The molecule has 0 aromatic heterocycles. The molecule has 1 heterocycles. The molecule has 0 saturated carbocycles. The Morgan fingerprint density at radius 3 is 1.97 bits per heavy atom. The molecule has 1 aliphatic rings. The van der Waals surface area contributed by atoms with Crippen LogP contribution in [0.3, 0.4) is 0 Å². The average molecular weight is 499 g/mol. The van der Waals surface area contributed by atoms with Gasteiger partial charge in [0, 0.05) is 24.5 Å². The molecule has 190 valence electrons. The minimum atomic E-state index is -0.518.